The van der Waals surface area contributed by atoms with Gasteiger partial charge in [0, 0.05) is 17.3 Å². The molecule has 0 saturated carbocycles. The molecule has 31 heavy (non-hydrogen) atoms. The van der Waals surface area contributed by atoms with Crippen LogP contribution in [0.1, 0.15) is 16.7 Å². The smallest absolute Gasteiger partial charge is 0.262 e. The normalized spacial score (nSPS) is 10.8. The number of nitrogens with one attached hydrogen (secondary N) is 1. The van der Waals surface area contributed by atoms with Gasteiger partial charge in [-0.2, -0.15) is 0 Å². The second-order valence-electron chi connectivity index (χ2n) is 7.49. The van der Waals surface area contributed by atoms with E-state index in [-0.39, 0.29) is 12.5 Å². The number of nitrogens with zero attached hydrogens (tertiary/aromatic N) is 1. The number of methoxy groups -OCH3 is 1. The summed E-state index contributed by atoms with van der Waals surface area (Å²) >= 11 is 0. The summed E-state index contributed by atoms with van der Waals surface area (Å²) in [6.45, 7) is 5.84. The molecule has 0 radical (unpaired) electrons. The topological polar surface area (TPSA) is 73.6 Å². The summed E-state index contributed by atoms with van der Waals surface area (Å²) in [5.41, 5.74) is 5.93. The number of aromatic nitrogens is 1. The predicted octanol–water partition coefficient (Wildman–Crippen LogP) is 5.45. The SMILES string of the molecule is COc1ccc2oc(-c3cccc(NC(=O)COc4cc(C)cc(C)c4)c3C)nc2c1. The number of fused-ring (bicyclic) bond motifs is 1. The summed E-state index contributed by atoms with van der Waals surface area (Å²) in [5, 5.41) is 2.92. The van der Waals surface area contributed by atoms with Crippen molar-refractivity contribution >= 4 is 22.7 Å². The van der Waals surface area contributed by atoms with E-state index >= 15 is 0 Å². The van der Waals surface area contributed by atoms with Crippen molar-refractivity contribution < 1.29 is 18.7 Å². The second kappa shape index (κ2) is 8.52. The number of carbonyl (C=O) groups excluding carboxylic acids is 1. The van der Waals surface area contributed by atoms with Crippen molar-refractivity contribution in [2.45, 2.75) is 20.8 Å². The molecule has 0 aliphatic carbocycles. The highest BCUT2D eigenvalue weighted by atomic mass is 16.5. The Kier molecular flexibility index (Phi) is 5.62. The number of benzene rings is 3. The van der Waals surface area contributed by atoms with Gasteiger partial charge in [0.05, 0.1) is 7.11 Å². The van der Waals surface area contributed by atoms with Crippen molar-refractivity contribution in [2.75, 3.05) is 19.0 Å². The second-order valence-corrected chi connectivity index (χ2v) is 7.49. The quantitative estimate of drug-likeness (QED) is 0.453. The number of rotatable bonds is 6. The number of amides is 1. The van der Waals surface area contributed by atoms with Gasteiger partial charge in [0.2, 0.25) is 5.89 Å². The van der Waals surface area contributed by atoms with Crippen LogP contribution >= 0.6 is 0 Å². The maximum absolute atomic E-state index is 12.5. The van der Waals surface area contributed by atoms with Crippen LogP contribution in [0.15, 0.2) is 59.0 Å². The molecule has 3 aromatic carbocycles. The van der Waals surface area contributed by atoms with Gasteiger partial charge < -0.3 is 19.2 Å². The van der Waals surface area contributed by atoms with Gasteiger partial charge in [-0.05, 0) is 73.9 Å². The van der Waals surface area contributed by atoms with E-state index in [4.69, 9.17) is 13.9 Å². The number of hydrogen-bond acceptors (Lipinski definition) is 5. The molecule has 158 valence electrons. The van der Waals surface area contributed by atoms with Crippen LogP contribution in [0.2, 0.25) is 0 Å². The van der Waals surface area contributed by atoms with E-state index in [0.29, 0.717) is 34.2 Å². The molecule has 0 aliphatic rings. The molecular weight excluding hydrogens is 392 g/mol. The Morgan fingerprint density at radius 1 is 1.00 bits per heavy atom. The Labute approximate surface area is 180 Å². The highest BCUT2D eigenvalue weighted by Crippen LogP contribution is 2.31. The molecule has 0 atom stereocenters. The van der Waals surface area contributed by atoms with Crippen LogP contribution in [0, 0.1) is 20.8 Å². The zero-order chi connectivity index (χ0) is 22.0. The van der Waals surface area contributed by atoms with Crippen LogP contribution in [-0.4, -0.2) is 24.6 Å². The Bertz CT molecular complexity index is 1240. The number of hydrogen-bond donors (Lipinski definition) is 1. The Hall–Kier alpha value is -3.80. The summed E-state index contributed by atoms with van der Waals surface area (Å²) in [6, 6.07) is 17.0. The average molecular weight is 416 g/mol. The van der Waals surface area contributed by atoms with E-state index in [9.17, 15) is 4.79 Å². The molecule has 1 N–H and O–H groups in total. The summed E-state index contributed by atoms with van der Waals surface area (Å²) in [7, 11) is 1.61. The molecule has 0 bridgehead atoms. The van der Waals surface area contributed by atoms with Crippen molar-refractivity contribution in [1.29, 1.82) is 0 Å². The summed E-state index contributed by atoms with van der Waals surface area (Å²) in [4.78, 5) is 17.1. The number of anilines is 1. The Morgan fingerprint density at radius 2 is 1.77 bits per heavy atom. The number of aryl methyl sites for hydroxylation is 2. The molecule has 1 aromatic heterocycles. The van der Waals surface area contributed by atoms with E-state index in [1.165, 1.54) is 0 Å². The third kappa shape index (κ3) is 4.53. The fourth-order valence-electron chi connectivity index (χ4n) is 3.50. The van der Waals surface area contributed by atoms with Crippen LogP contribution in [0.3, 0.4) is 0 Å². The molecule has 4 rings (SSSR count). The molecule has 0 saturated heterocycles. The van der Waals surface area contributed by atoms with Gasteiger partial charge in [-0.15, -0.1) is 0 Å². The van der Waals surface area contributed by atoms with Gasteiger partial charge in [0.1, 0.15) is 17.0 Å². The van der Waals surface area contributed by atoms with Crippen molar-refractivity contribution in [1.82, 2.24) is 4.98 Å². The first-order chi connectivity index (χ1) is 14.9. The molecule has 0 aliphatic heterocycles. The van der Waals surface area contributed by atoms with E-state index in [2.05, 4.69) is 16.4 Å². The number of carbonyl (C=O) groups is 1. The van der Waals surface area contributed by atoms with Gasteiger partial charge in [0.15, 0.2) is 12.2 Å². The van der Waals surface area contributed by atoms with Crippen molar-refractivity contribution in [3.05, 3.63) is 71.3 Å². The van der Waals surface area contributed by atoms with Crippen molar-refractivity contribution in [2.24, 2.45) is 0 Å². The largest absolute Gasteiger partial charge is 0.497 e. The van der Waals surface area contributed by atoms with E-state index < -0.39 is 0 Å². The van der Waals surface area contributed by atoms with Crippen LogP contribution in [0.4, 0.5) is 5.69 Å². The monoisotopic (exact) mass is 416 g/mol. The fraction of sp³-hybridized carbons (Fsp3) is 0.200. The minimum absolute atomic E-state index is 0.0742. The third-order valence-corrected chi connectivity index (χ3v) is 5.00. The summed E-state index contributed by atoms with van der Waals surface area (Å²) in [6.07, 6.45) is 0. The van der Waals surface area contributed by atoms with Crippen molar-refractivity contribution in [3.8, 4) is 23.0 Å². The van der Waals surface area contributed by atoms with Crippen LogP contribution in [-0.2, 0) is 4.79 Å². The van der Waals surface area contributed by atoms with Crippen molar-refractivity contribution in [3.63, 3.8) is 0 Å². The lowest BCUT2D eigenvalue weighted by Gasteiger charge is -2.12. The zero-order valence-corrected chi connectivity index (χ0v) is 18.0. The number of ether oxygens (including phenoxy) is 2. The molecule has 6 nitrogen and oxygen atoms in total. The zero-order valence-electron chi connectivity index (χ0n) is 18.0. The van der Waals surface area contributed by atoms with E-state index in [1.807, 2.05) is 69.3 Å². The minimum atomic E-state index is -0.235. The van der Waals surface area contributed by atoms with Crippen LogP contribution < -0.4 is 14.8 Å². The molecule has 0 fully saturated rings. The average Bonchev–Trinajstić information content (AvgIpc) is 3.16. The highest BCUT2D eigenvalue weighted by Gasteiger charge is 2.15. The first-order valence-electron chi connectivity index (χ1n) is 9.98. The predicted molar refractivity (Wildman–Crippen MR) is 121 cm³/mol. The molecule has 4 aromatic rings. The lowest BCUT2D eigenvalue weighted by Crippen LogP contribution is -2.20. The molecule has 1 heterocycles. The molecule has 0 spiro atoms. The first kappa shape index (κ1) is 20.5. The maximum atomic E-state index is 12.5. The fourth-order valence-corrected chi connectivity index (χ4v) is 3.50. The molecule has 0 unspecified atom stereocenters. The first-order valence-corrected chi connectivity index (χ1v) is 9.98. The summed E-state index contributed by atoms with van der Waals surface area (Å²) in [5.74, 6) is 1.65. The maximum Gasteiger partial charge on any atom is 0.262 e. The lowest BCUT2D eigenvalue weighted by atomic mass is 10.1. The standard InChI is InChI=1S/C25H24N2O4/c1-15-10-16(2)12-19(11-15)30-14-24(28)26-21-7-5-6-20(17(21)3)25-27-22-13-18(29-4)8-9-23(22)31-25/h5-13H,14H2,1-4H3,(H,26,28). The molecule has 6 heteroatoms. The summed E-state index contributed by atoms with van der Waals surface area (Å²) < 4.78 is 16.8. The van der Waals surface area contributed by atoms with E-state index in [0.717, 1.165) is 22.3 Å². The van der Waals surface area contributed by atoms with Gasteiger partial charge in [-0.3, -0.25) is 4.79 Å². The van der Waals surface area contributed by atoms with Crippen LogP contribution in [0.5, 0.6) is 11.5 Å². The lowest BCUT2D eigenvalue weighted by molar-refractivity contribution is -0.118. The van der Waals surface area contributed by atoms with Gasteiger partial charge in [-0.25, -0.2) is 4.98 Å². The molecular formula is C25H24N2O4. The Morgan fingerprint density at radius 3 is 2.52 bits per heavy atom. The number of oxazole rings is 1. The third-order valence-electron chi connectivity index (χ3n) is 5.00. The van der Waals surface area contributed by atoms with Gasteiger partial charge in [0.25, 0.3) is 5.91 Å². The van der Waals surface area contributed by atoms with E-state index in [1.54, 1.807) is 7.11 Å². The van der Waals surface area contributed by atoms with Gasteiger partial charge >= 0.3 is 0 Å². The van der Waals surface area contributed by atoms with Gasteiger partial charge in [-0.1, -0.05) is 12.1 Å². The highest BCUT2D eigenvalue weighted by molar-refractivity contribution is 5.93. The molecule has 1 amide bonds. The van der Waals surface area contributed by atoms with Crippen LogP contribution in [0.25, 0.3) is 22.6 Å². The Balaban J connectivity index is 1.51. The minimum Gasteiger partial charge on any atom is -0.497 e.